The second-order valence-corrected chi connectivity index (χ2v) is 3.67. The van der Waals surface area contributed by atoms with E-state index in [-0.39, 0.29) is 18.8 Å². The van der Waals surface area contributed by atoms with Crippen LogP contribution in [0.25, 0.3) is 0 Å². The highest BCUT2D eigenvalue weighted by Gasteiger charge is 2.20. The number of halogens is 2. The van der Waals surface area contributed by atoms with Crippen LogP contribution in [-0.4, -0.2) is 29.7 Å². The van der Waals surface area contributed by atoms with Gasteiger partial charge in [-0.15, -0.1) is 0 Å². The molecular weight excluding hydrogens is 246 g/mol. The summed E-state index contributed by atoms with van der Waals surface area (Å²) < 4.78 is 27.4. The van der Waals surface area contributed by atoms with Gasteiger partial charge in [0.1, 0.15) is 5.69 Å². The van der Waals surface area contributed by atoms with Gasteiger partial charge in [-0.05, 0) is 13.3 Å². The fraction of sp³-hybridized carbons (Fsp3) is 0.455. The maximum atomic E-state index is 13.7. The van der Waals surface area contributed by atoms with Gasteiger partial charge in [0.05, 0.1) is 17.1 Å². The monoisotopic (exact) mass is 260 g/mol. The minimum absolute atomic E-state index is 0.0906. The number of non-ortho nitro benzene ring substituents is 1. The largest absolute Gasteiger partial charge is 0.396 e. The number of anilines is 1. The summed E-state index contributed by atoms with van der Waals surface area (Å²) in [7, 11) is 0. The number of hydrogen-bond donors (Lipinski definition) is 1. The van der Waals surface area contributed by atoms with Gasteiger partial charge in [-0.2, -0.15) is 0 Å². The van der Waals surface area contributed by atoms with Crippen molar-refractivity contribution in [1.29, 1.82) is 0 Å². The van der Waals surface area contributed by atoms with E-state index >= 15 is 0 Å². The lowest BCUT2D eigenvalue weighted by Gasteiger charge is -2.23. The first-order chi connectivity index (χ1) is 8.51. The van der Waals surface area contributed by atoms with Crippen molar-refractivity contribution >= 4 is 11.4 Å². The first-order valence-corrected chi connectivity index (χ1v) is 5.50. The maximum Gasteiger partial charge on any atom is 0.275 e. The number of nitro groups is 1. The van der Waals surface area contributed by atoms with Crippen LogP contribution in [0.3, 0.4) is 0 Å². The summed E-state index contributed by atoms with van der Waals surface area (Å²) in [6, 6.07) is 1.39. The van der Waals surface area contributed by atoms with Crippen LogP contribution in [0, 0.1) is 21.7 Å². The van der Waals surface area contributed by atoms with Crippen molar-refractivity contribution in [2.75, 3.05) is 24.6 Å². The van der Waals surface area contributed by atoms with Gasteiger partial charge in [-0.1, -0.05) is 0 Å². The number of aliphatic hydroxyl groups is 1. The van der Waals surface area contributed by atoms with Gasteiger partial charge >= 0.3 is 0 Å². The SMILES string of the molecule is CCN(CCCO)c1c(F)cc([N+](=O)[O-])cc1F. The average molecular weight is 260 g/mol. The lowest BCUT2D eigenvalue weighted by Crippen LogP contribution is -2.26. The van der Waals surface area contributed by atoms with Crippen LogP contribution in [0.1, 0.15) is 13.3 Å². The summed E-state index contributed by atoms with van der Waals surface area (Å²) in [5.74, 6) is -1.94. The number of aliphatic hydroxyl groups excluding tert-OH is 1. The van der Waals surface area contributed by atoms with Crippen LogP contribution in [0.15, 0.2) is 12.1 Å². The Morgan fingerprint density at radius 2 is 1.94 bits per heavy atom. The zero-order chi connectivity index (χ0) is 13.7. The molecule has 18 heavy (non-hydrogen) atoms. The lowest BCUT2D eigenvalue weighted by molar-refractivity contribution is -0.385. The molecule has 1 aromatic carbocycles. The van der Waals surface area contributed by atoms with Crippen LogP contribution >= 0.6 is 0 Å². The highest BCUT2D eigenvalue weighted by atomic mass is 19.1. The molecule has 0 aliphatic rings. The van der Waals surface area contributed by atoms with E-state index < -0.39 is 22.2 Å². The number of hydrogen-bond acceptors (Lipinski definition) is 4. The molecule has 1 N–H and O–H groups in total. The van der Waals surface area contributed by atoms with Crippen LogP contribution < -0.4 is 4.90 Å². The molecule has 0 fully saturated rings. The van der Waals surface area contributed by atoms with Crippen LogP contribution in [0.5, 0.6) is 0 Å². The van der Waals surface area contributed by atoms with Crippen molar-refractivity contribution in [1.82, 2.24) is 0 Å². The van der Waals surface area contributed by atoms with Gasteiger partial charge < -0.3 is 10.0 Å². The van der Waals surface area contributed by atoms with Crippen molar-refractivity contribution in [3.8, 4) is 0 Å². The molecule has 0 saturated heterocycles. The number of nitrogens with zero attached hydrogens (tertiary/aromatic N) is 2. The molecule has 1 rings (SSSR count). The molecular formula is C11H14F2N2O3. The third-order valence-corrected chi connectivity index (χ3v) is 2.50. The van der Waals surface area contributed by atoms with E-state index in [0.29, 0.717) is 25.1 Å². The predicted molar refractivity (Wildman–Crippen MR) is 62.6 cm³/mol. The Kier molecular flexibility index (Phi) is 4.96. The first-order valence-electron chi connectivity index (χ1n) is 5.50. The van der Waals surface area contributed by atoms with E-state index in [2.05, 4.69) is 0 Å². The second-order valence-electron chi connectivity index (χ2n) is 3.67. The van der Waals surface area contributed by atoms with Crippen LogP contribution in [0.4, 0.5) is 20.2 Å². The van der Waals surface area contributed by atoms with Gasteiger partial charge in [-0.25, -0.2) is 8.78 Å². The lowest BCUT2D eigenvalue weighted by atomic mass is 10.2. The number of rotatable bonds is 6. The zero-order valence-corrected chi connectivity index (χ0v) is 9.90. The molecule has 100 valence electrons. The topological polar surface area (TPSA) is 66.6 Å². The van der Waals surface area contributed by atoms with Gasteiger partial charge in [-0.3, -0.25) is 10.1 Å². The average Bonchev–Trinajstić information content (AvgIpc) is 2.32. The van der Waals surface area contributed by atoms with E-state index in [9.17, 15) is 18.9 Å². The molecule has 0 unspecified atom stereocenters. The van der Waals surface area contributed by atoms with Crippen LogP contribution in [0.2, 0.25) is 0 Å². The van der Waals surface area contributed by atoms with Crippen molar-refractivity contribution in [2.24, 2.45) is 0 Å². The Balaban J connectivity index is 3.11. The minimum atomic E-state index is -0.971. The standard InChI is InChI=1S/C11H14F2N2O3/c1-2-14(4-3-5-16)11-9(12)6-8(15(17)18)7-10(11)13/h6-7,16H,2-5H2,1H3. The third kappa shape index (κ3) is 3.13. The van der Waals surface area contributed by atoms with Crippen molar-refractivity contribution in [3.05, 3.63) is 33.9 Å². The molecule has 0 bridgehead atoms. The molecule has 0 atom stereocenters. The smallest absolute Gasteiger partial charge is 0.275 e. The molecule has 0 aromatic heterocycles. The molecule has 0 amide bonds. The summed E-state index contributed by atoms with van der Waals surface area (Å²) in [6.45, 7) is 2.23. The van der Waals surface area contributed by atoms with E-state index in [1.165, 1.54) is 4.90 Å². The Bertz CT molecular complexity index is 417. The molecule has 0 heterocycles. The van der Waals surface area contributed by atoms with Crippen molar-refractivity contribution in [3.63, 3.8) is 0 Å². The highest BCUT2D eigenvalue weighted by Crippen LogP contribution is 2.28. The molecule has 7 heteroatoms. The normalized spacial score (nSPS) is 10.4. The quantitative estimate of drug-likeness (QED) is 0.628. The summed E-state index contributed by atoms with van der Waals surface area (Å²) in [5.41, 5.74) is -0.913. The molecule has 0 spiro atoms. The van der Waals surface area contributed by atoms with Gasteiger partial charge in [0.15, 0.2) is 11.6 Å². The molecule has 0 aliphatic heterocycles. The summed E-state index contributed by atoms with van der Waals surface area (Å²) in [4.78, 5) is 11.0. The molecule has 0 saturated carbocycles. The van der Waals surface area contributed by atoms with Gasteiger partial charge in [0.25, 0.3) is 5.69 Å². The molecule has 0 radical (unpaired) electrons. The van der Waals surface area contributed by atoms with Crippen molar-refractivity contribution < 1.29 is 18.8 Å². The highest BCUT2D eigenvalue weighted by molar-refractivity contribution is 5.53. The third-order valence-electron chi connectivity index (χ3n) is 2.50. The number of benzene rings is 1. The number of nitro benzene ring substituents is 1. The Morgan fingerprint density at radius 3 is 2.33 bits per heavy atom. The Morgan fingerprint density at radius 1 is 1.39 bits per heavy atom. The van der Waals surface area contributed by atoms with Crippen LogP contribution in [-0.2, 0) is 0 Å². The van der Waals surface area contributed by atoms with Crippen molar-refractivity contribution in [2.45, 2.75) is 13.3 Å². The Hall–Kier alpha value is -1.76. The maximum absolute atomic E-state index is 13.7. The zero-order valence-electron chi connectivity index (χ0n) is 9.90. The fourth-order valence-corrected chi connectivity index (χ4v) is 1.65. The fourth-order valence-electron chi connectivity index (χ4n) is 1.65. The molecule has 0 aliphatic carbocycles. The van der Waals surface area contributed by atoms with E-state index in [0.717, 1.165) is 0 Å². The predicted octanol–water partition coefficient (Wildman–Crippen LogP) is 2.08. The summed E-state index contributed by atoms with van der Waals surface area (Å²) >= 11 is 0. The minimum Gasteiger partial charge on any atom is -0.396 e. The second kappa shape index (κ2) is 6.25. The Labute approximate surface area is 103 Å². The van der Waals surface area contributed by atoms with E-state index in [1.54, 1.807) is 6.92 Å². The summed E-state index contributed by atoms with van der Waals surface area (Å²) in [6.07, 6.45) is 0.365. The first kappa shape index (κ1) is 14.3. The van der Waals surface area contributed by atoms with Gasteiger partial charge in [0, 0.05) is 19.7 Å². The molecule has 5 nitrogen and oxygen atoms in total. The van der Waals surface area contributed by atoms with E-state index in [4.69, 9.17) is 5.11 Å². The summed E-state index contributed by atoms with van der Waals surface area (Å²) in [5, 5.41) is 19.2. The molecule has 1 aromatic rings. The van der Waals surface area contributed by atoms with Gasteiger partial charge in [0.2, 0.25) is 0 Å². The van der Waals surface area contributed by atoms with E-state index in [1.807, 2.05) is 0 Å².